The molecule has 0 spiro atoms. The van der Waals surface area contributed by atoms with Gasteiger partial charge in [0, 0.05) is 0 Å². The number of aryl methyl sites for hydroxylation is 1. The van der Waals surface area contributed by atoms with Crippen LogP contribution in [0.5, 0.6) is 0 Å². The molecule has 0 aliphatic heterocycles. The molecule has 0 aliphatic carbocycles. The lowest BCUT2D eigenvalue weighted by Crippen LogP contribution is -1.83. The monoisotopic (exact) mass is 234 g/mol. The third-order valence-corrected chi connectivity index (χ3v) is 3.04. The minimum absolute atomic E-state index is 1.05. The first kappa shape index (κ1) is 12.4. The van der Waals surface area contributed by atoms with E-state index in [1.165, 1.54) is 22.3 Å². The minimum atomic E-state index is 1.05. The molecule has 0 aliphatic rings. The molecule has 2 aromatic rings. The van der Waals surface area contributed by atoms with Gasteiger partial charge in [0.15, 0.2) is 0 Å². The maximum atomic E-state index is 4.13. The van der Waals surface area contributed by atoms with Crippen LogP contribution in [0, 0.1) is 6.92 Å². The van der Waals surface area contributed by atoms with Gasteiger partial charge >= 0.3 is 0 Å². The van der Waals surface area contributed by atoms with E-state index in [0.29, 0.717) is 0 Å². The summed E-state index contributed by atoms with van der Waals surface area (Å²) < 4.78 is 0. The lowest BCUT2D eigenvalue weighted by Gasteiger charge is -2.05. The lowest BCUT2D eigenvalue weighted by atomic mass is 10.0. The number of hydrogen-bond acceptors (Lipinski definition) is 0. The standard InChI is InChI=1S/C18H18/c1-14-9-11-18(12-10-14)16(3)13-15(2)17-7-5-4-6-8-17/h4-13H,2H2,1,3H3. The third-order valence-electron chi connectivity index (χ3n) is 3.04. The van der Waals surface area contributed by atoms with Crippen LogP contribution < -0.4 is 0 Å². The molecule has 0 unspecified atom stereocenters. The Bertz CT molecular complexity index is 557. The molecule has 90 valence electrons. The van der Waals surface area contributed by atoms with E-state index < -0.39 is 0 Å². The van der Waals surface area contributed by atoms with Crippen molar-refractivity contribution in [2.24, 2.45) is 0 Å². The molecule has 0 aromatic heterocycles. The minimum Gasteiger partial charge on any atom is -0.0911 e. The van der Waals surface area contributed by atoms with E-state index in [4.69, 9.17) is 0 Å². The number of hydrogen-bond donors (Lipinski definition) is 0. The van der Waals surface area contributed by atoms with Crippen LogP contribution in [0.1, 0.15) is 23.6 Å². The molecule has 0 saturated carbocycles. The van der Waals surface area contributed by atoms with Gasteiger partial charge in [-0.3, -0.25) is 0 Å². The quantitative estimate of drug-likeness (QED) is 0.647. The molecule has 0 atom stereocenters. The summed E-state index contributed by atoms with van der Waals surface area (Å²) in [4.78, 5) is 0. The zero-order valence-electron chi connectivity index (χ0n) is 11.0. The summed E-state index contributed by atoms with van der Waals surface area (Å²) in [5, 5.41) is 0. The van der Waals surface area contributed by atoms with Gasteiger partial charge in [0.1, 0.15) is 0 Å². The highest BCUT2D eigenvalue weighted by molar-refractivity contribution is 5.81. The van der Waals surface area contributed by atoms with Gasteiger partial charge < -0.3 is 0 Å². The van der Waals surface area contributed by atoms with Crippen LogP contribution in [0.2, 0.25) is 0 Å². The molecule has 2 aromatic carbocycles. The summed E-state index contributed by atoms with van der Waals surface area (Å²) in [5.41, 5.74) is 5.99. The average Bonchev–Trinajstić information content (AvgIpc) is 2.40. The molecule has 0 heteroatoms. The first-order valence-corrected chi connectivity index (χ1v) is 6.16. The van der Waals surface area contributed by atoms with Gasteiger partial charge in [-0.05, 0) is 36.1 Å². The molecule has 0 N–H and O–H groups in total. The van der Waals surface area contributed by atoms with Crippen LogP contribution in [0.4, 0.5) is 0 Å². The van der Waals surface area contributed by atoms with Crippen molar-refractivity contribution >= 4 is 11.1 Å². The second-order valence-electron chi connectivity index (χ2n) is 4.58. The van der Waals surface area contributed by atoms with Crippen LogP contribution in [0.3, 0.4) is 0 Å². The van der Waals surface area contributed by atoms with Crippen LogP contribution >= 0.6 is 0 Å². The van der Waals surface area contributed by atoms with Gasteiger partial charge in [-0.25, -0.2) is 0 Å². The molecule has 0 heterocycles. The molecule has 0 radical (unpaired) electrons. The van der Waals surface area contributed by atoms with Gasteiger partial charge in [0.2, 0.25) is 0 Å². The van der Waals surface area contributed by atoms with Crippen molar-refractivity contribution in [2.45, 2.75) is 13.8 Å². The lowest BCUT2D eigenvalue weighted by molar-refractivity contribution is 1.44. The Balaban J connectivity index is 2.23. The predicted molar refractivity (Wildman–Crippen MR) is 80.3 cm³/mol. The van der Waals surface area contributed by atoms with Crippen molar-refractivity contribution in [3.8, 4) is 0 Å². The molecule has 0 saturated heterocycles. The highest BCUT2D eigenvalue weighted by atomic mass is 14.0. The maximum Gasteiger partial charge on any atom is -0.0190 e. The van der Waals surface area contributed by atoms with E-state index >= 15 is 0 Å². The van der Waals surface area contributed by atoms with Crippen LogP contribution in [0.25, 0.3) is 11.1 Å². The molecule has 0 nitrogen and oxygen atoms in total. The second kappa shape index (κ2) is 5.50. The molecular formula is C18H18. The van der Waals surface area contributed by atoms with Crippen molar-refractivity contribution < 1.29 is 0 Å². The number of benzene rings is 2. The van der Waals surface area contributed by atoms with Gasteiger partial charge in [0.05, 0.1) is 0 Å². The Hall–Kier alpha value is -2.08. The fourth-order valence-corrected chi connectivity index (χ4v) is 1.90. The summed E-state index contributed by atoms with van der Waals surface area (Å²) in [5.74, 6) is 0. The molecule has 0 bridgehead atoms. The average molecular weight is 234 g/mol. The Morgan fingerprint density at radius 1 is 0.889 bits per heavy atom. The fraction of sp³-hybridized carbons (Fsp3) is 0.111. The molecule has 2 rings (SSSR count). The van der Waals surface area contributed by atoms with E-state index in [-0.39, 0.29) is 0 Å². The van der Waals surface area contributed by atoms with Gasteiger partial charge in [-0.15, -0.1) is 0 Å². The predicted octanol–water partition coefficient (Wildman–Crippen LogP) is 5.11. The Labute approximate surface area is 109 Å². The normalized spacial score (nSPS) is 11.3. The highest BCUT2D eigenvalue weighted by Crippen LogP contribution is 2.21. The fourth-order valence-electron chi connectivity index (χ4n) is 1.90. The Kier molecular flexibility index (Phi) is 3.78. The van der Waals surface area contributed by atoms with Crippen LogP contribution in [-0.4, -0.2) is 0 Å². The van der Waals surface area contributed by atoms with Crippen LogP contribution in [0.15, 0.2) is 67.3 Å². The van der Waals surface area contributed by atoms with E-state index in [0.717, 1.165) is 5.57 Å². The zero-order valence-corrected chi connectivity index (χ0v) is 11.0. The summed E-state index contributed by atoms with van der Waals surface area (Å²) >= 11 is 0. The van der Waals surface area contributed by atoms with Crippen molar-refractivity contribution in [2.75, 3.05) is 0 Å². The van der Waals surface area contributed by atoms with Gasteiger partial charge in [-0.2, -0.15) is 0 Å². The molecular weight excluding hydrogens is 216 g/mol. The zero-order chi connectivity index (χ0) is 13.0. The number of rotatable bonds is 3. The first-order valence-electron chi connectivity index (χ1n) is 6.16. The van der Waals surface area contributed by atoms with Crippen molar-refractivity contribution in [1.82, 2.24) is 0 Å². The largest absolute Gasteiger partial charge is 0.0911 e. The highest BCUT2D eigenvalue weighted by Gasteiger charge is 1.98. The first-order chi connectivity index (χ1) is 8.66. The Morgan fingerprint density at radius 3 is 2.11 bits per heavy atom. The maximum absolute atomic E-state index is 4.13. The van der Waals surface area contributed by atoms with E-state index in [9.17, 15) is 0 Å². The van der Waals surface area contributed by atoms with Crippen molar-refractivity contribution in [3.05, 3.63) is 83.9 Å². The van der Waals surface area contributed by atoms with Gasteiger partial charge in [0.25, 0.3) is 0 Å². The SMILES string of the molecule is C=C(C=C(C)c1ccc(C)cc1)c1ccccc1. The van der Waals surface area contributed by atoms with E-state index in [1.54, 1.807) is 0 Å². The van der Waals surface area contributed by atoms with E-state index in [2.05, 4.69) is 62.9 Å². The number of allylic oxidation sites excluding steroid dienone is 3. The van der Waals surface area contributed by atoms with Crippen LogP contribution in [-0.2, 0) is 0 Å². The second-order valence-corrected chi connectivity index (χ2v) is 4.58. The summed E-state index contributed by atoms with van der Waals surface area (Å²) in [7, 11) is 0. The van der Waals surface area contributed by atoms with E-state index in [1.807, 2.05) is 18.2 Å². The van der Waals surface area contributed by atoms with Gasteiger partial charge in [-0.1, -0.05) is 72.8 Å². The summed E-state index contributed by atoms with van der Waals surface area (Å²) in [6.07, 6.45) is 2.14. The Morgan fingerprint density at radius 2 is 1.50 bits per heavy atom. The topological polar surface area (TPSA) is 0 Å². The smallest absolute Gasteiger partial charge is 0.0190 e. The molecule has 18 heavy (non-hydrogen) atoms. The van der Waals surface area contributed by atoms with Crippen molar-refractivity contribution in [1.29, 1.82) is 0 Å². The summed E-state index contributed by atoms with van der Waals surface area (Å²) in [6, 6.07) is 18.8. The molecule has 0 amide bonds. The molecule has 0 fully saturated rings. The third kappa shape index (κ3) is 2.98. The summed E-state index contributed by atoms with van der Waals surface area (Å²) in [6.45, 7) is 8.36. The van der Waals surface area contributed by atoms with Crippen molar-refractivity contribution in [3.63, 3.8) is 0 Å².